The van der Waals surface area contributed by atoms with Crippen molar-refractivity contribution in [1.82, 2.24) is 4.57 Å². The molecule has 2 aromatic rings. The maximum absolute atomic E-state index is 12.6. The smallest absolute Gasteiger partial charge is 0.255 e. The average molecular weight is 300 g/mol. The Hall–Kier alpha value is -2.07. The molecule has 0 amide bonds. The van der Waals surface area contributed by atoms with Gasteiger partial charge in [-0.1, -0.05) is 32.0 Å². The summed E-state index contributed by atoms with van der Waals surface area (Å²) in [5.74, 6) is 1.23. The number of aryl methyl sites for hydroxylation is 1. The number of rotatable bonds is 5. The van der Waals surface area contributed by atoms with Gasteiger partial charge in [0.05, 0.1) is 13.2 Å². The summed E-state index contributed by atoms with van der Waals surface area (Å²) >= 11 is 0. The number of hydrogen-bond acceptors (Lipinski definition) is 3. The second kappa shape index (κ2) is 6.79. The summed E-state index contributed by atoms with van der Waals surface area (Å²) in [5.41, 5.74) is 8.85. The zero-order valence-corrected chi connectivity index (χ0v) is 13.7. The van der Waals surface area contributed by atoms with E-state index >= 15 is 0 Å². The molecule has 0 aliphatic heterocycles. The molecule has 1 atom stereocenters. The molecule has 1 aromatic carbocycles. The van der Waals surface area contributed by atoms with Crippen molar-refractivity contribution in [2.24, 2.45) is 11.7 Å². The van der Waals surface area contributed by atoms with Crippen molar-refractivity contribution in [3.8, 4) is 5.75 Å². The summed E-state index contributed by atoms with van der Waals surface area (Å²) in [6.07, 6.45) is 1.82. The standard InChI is InChI=1S/C18H24N2O2/c1-12(2)11-20-9-5-6-15(18(20)21)17(19)14-7-8-16(22-4)13(3)10-14/h5-10,12,17H,11,19H2,1-4H3. The topological polar surface area (TPSA) is 57.2 Å². The normalized spacial score (nSPS) is 12.5. The molecule has 0 bridgehead atoms. The quantitative estimate of drug-likeness (QED) is 0.923. The maximum atomic E-state index is 12.6. The Morgan fingerprint density at radius 1 is 1.27 bits per heavy atom. The molecule has 0 radical (unpaired) electrons. The summed E-state index contributed by atoms with van der Waals surface area (Å²) in [7, 11) is 1.64. The predicted molar refractivity (Wildman–Crippen MR) is 89.3 cm³/mol. The van der Waals surface area contributed by atoms with Crippen molar-refractivity contribution in [2.45, 2.75) is 33.4 Å². The first-order valence-electron chi connectivity index (χ1n) is 7.53. The molecule has 1 unspecified atom stereocenters. The molecule has 118 valence electrons. The third-order valence-corrected chi connectivity index (χ3v) is 3.72. The molecule has 0 aliphatic carbocycles. The number of pyridine rings is 1. The number of benzene rings is 1. The molecule has 2 rings (SSSR count). The van der Waals surface area contributed by atoms with Gasteiger partial charge >= 0.3 is 0 Å². The van der Waals surface area contributed by atoms with Gasteiger partial charge in [-0.15, -0.1) is 0 Å². The van der Waals surface area contributed by atoms with Crippen molar-refractivity contribution in [1.29, 1.82) is 0 Å². The van der Waals surface area contributed by atoms with Gasteiger partial charge in [0.15, 0.2) is 0 Å². The van der Waals surface area contributed by atoms with Gasteiger partial charge in [0.25, 0.3) is 5.56 Å². The van der Waals surface area contributed by atoms with Crippen LogP contribution in [0.25, 0.3) is 0 Å². The van der Waals surface area contributed by atoms with E-state index < -0.39 is 6.04 Å². The van der Waals surface area contributed by atoms with Crippen LogP contribution in [0, 0.1) is 12.8 Å². The molecule has 4 heteroatoms. The molecule has 22 heavy (non-hydrogen) atoms. The van der Waals surface area contributed by atoms with Crippen molar-refractivity contribution in [2.75, 3.05) is 7.11 Å². The molecule has 4 nitrogen and oxygen atoms in total. The summed E-state index contributed by atoms with van der Waals surface area (Å²) in [6.45, 7) is 6.84. The Morgan fingerprint density at radius 2 is 2.00 bits per heavy atom. The minimum atomic E-state index is -0.434. The van der Waals surface area contributed by atoms with E-state index in [1.165, 1.54) is 0 Å². The maximum Gasteiger partial charge on any atom is 0.255 e. The Labute approximate surface area is 131 Å². The SMILES string of the molecule is COc1ccc(C(N)c2cccn(CC(C)C)c2=O)cc1C. The fraction of sp³-hybridized carbons (Fsp3) is 0.389. The lowest BCUT2D eigenvalue weighted by Crippen LogP contribution is -2.29. The van der Waals surface area contributed by atoms with E-state index in [0.717, 1.165) is 16.9 Å². The third-order valence-electron chi connectivity index (χ3n) is 3.72. The van der Waals surface area contributed by atoms with Gasteiger partial charge in [0.2, 0.25) is 0 Å². The first-order valence-corrected chi connectivity index (χ1v) is 7.53. The minimum Gasteiger partial charge on any atom is -0.496 e. The van der Waals surface area contributed by atoms with Gasteiger partial charge in [-0.3, -0.25) is 4.79 Å². The number of nitrogens with zero attached hydrogens (tertiary/aromatic N) is 1. The summed E-state index contributed by atoms with van der Waals surface area (Å²) in [6, 6.07) is 9.04. The number of hydrogen-bond donors (Lipinski definition) is 1. The molecular weight excluding hydrogens is 276 g/mol. The average Bonchev–Trinajstić information content (AvgIpc) is 2.48. The molecule has 0 fully saturated rings. The zero-order chi connectivity index (χ0) is 16.3. The van der Waals surface area contributed by atoms with Crippen LogP contribution in [-0.2, 0) is 6.54 Å². The van der Waals surface area contributed by atoms with Crippen LogP contribution >= 0.6 is 0 Å². The van der Waals surface area contributed by atoms with Gasteiger partial charge in [-0.2, -0.15) is 0 Å². The third kappa shape index (κ3) is 3.39. The summed E-state index contributed by atoms with van der Waals surface area (Å²) < 4.78 is 7.00. The Balaban J connectivity index is 2.39. The first kappa shape index (κ1) is 16.3. The van der Waals surface area contributed by atoms with Gasteiger partial charge in [0.1, 0.15) is 5.75 Å². The fourth-order valence-electron chi connectivity index (χ4n) is 2.60. The first-order chi connectivity index (χ1) is 10.4. The molecule has 1 heterocycles. The summed E-state index contributed by atoms with van der Waals surface area (Å²) in [5, 5.41) is 0. The highest BCUT2D eigenvalue weighted by atomic mass is 16.5. The van der Waals surface area contributed by atoms with E-state index in [0.29, 0.717) is 18.0 Å². The van der Waals surface area contributed by atoms with Crippen LogP contribution in [0.3, 0.4) is 0 Å². The Bertz CT molecular complexity index is 704. The van der Waals surface area contributed by atoms with E-state index in [4.69, 9.17) is 10.5 Å². The highest BCUT2D eigenvalue weighted by molar-refractivity contribution is 5.40. The molecule has 0 saturated heterocycles. The van der Waals surface area contributed by atoms with Crippen molar-refractivity contribution < 1.29 is 4.74 Å². The lowest BCUT2D eigenvalue weighted by Gasteiger charge is -2.16. The van der Waals surface area contributed by atoms with E-state index in [-0.39, 0.29) is 5.56 Å². The van der Waals surface area contributed by atoms with Crippen LogP contribution in [0.4, 0.5) is 0 Å². The van der Waals surface area contributed by atoms with Crippen LogP contribution in [-0.4, -0.2) is 11.7 Å². The van der Waals surface area contributed by atoms with Gasteiger partial charge in [-0.25, -0.2) is 0 Å². The lowest BCUT2D eigenvalue weighted by molar-refractivity contribution is 0.411. The van der Waals surface area contributed by atoms with Crippen molar-refractivity contribution in [3.63, 3.8) is 0 Å². The molecule has 0 spiro atoms. The van der Waals surface area contributed by atoms with E-state index in [1.807, 2.05) is 43.5 Å². The van der Waals surface area contributed by atoms with Crippen LogP contribution in [0.15, 0.2) is 41.3 Å². The van der Waals surface area contributed by atoms with Crippen LogP contribution < -0.4 is 16.0 Å². The van der Waals surface area contributed by atoms with E-state index in [1.54, 1.807) is 11.7 Å². The number of ether oxygens (including phenoxy) is 1. The zero-order valence-electron chi connectivity index (χ0n) is 13.7. The van der Waals surface area contributed by atoms with Gasteiger partial charge in [-0.05, 0) is 36.1 Å². The number of aromatic nitrogens is 1. The highest BCUT2D eigenvalue weighted by Gasteiger charge is 2.15. The molecular formula is C18H24N2O2. The van der Waals surface area contributed by atoms with Gasteiger partial charge < -0.3 is 15.0 Å². The monoisotopic (exact) mass is 300 g/mol. The summed E-state index contributed by atoms with van der Waals surface area (Å²) in [4.78, 5) is 12.6. The van der Waals surface area contributed by atoms with Gasteiger partial charge in [0, 0.05) is 18.3 Å². The molecule has 2 N–H and O–H groups in total. The second-order valence-electron chi connectivity index (χ2n) is 6.02. The van der Waals surface area contributed by atoms with Crippen LogP contribution in [0.2, 0.25) is 0 Å². The molecule has 0 saturated carbocycles. The van der Waals surface area contributed by atoms with Crippen molar-refractivity contribution in [3.05, 3.63) is 63.6 Å². The van der Waals surface area contributed by atoms with Crippen molar-refractivity contribution >= 4 is 0 Å². The van der Waals surface area contributed by atoms with E-state index in [2.05, 4.69) is 13.8 Å². The predicted octanol–water partition coefficient (Wildman–Crippen LogP) is 2.87. The molecule has 1 aromatic heterocycles. The largest absolute Gasteiger partial charge is 0.496 e. The van der Waals surface area contributed by atoms with Crippen LogP contribution in [0.5, 0.6) is 5.75 Å². The number of nitrogens with two attached hydrogens (primary N) is 1. The van der Waals surface area contributed by atoms with Crippen LogP contribution in [0.1, 0.15) is 36.6 Å². The number of methoxy groups -OCH3 is 1. The minimum absolute atomic E-state index is 0.0165. The Morgan fingerprint density at radius 3 is 2.59 bits per heavy atom. The molecule has 0 aliphatic rings. The second-order valence-corrected chi connectivity index (χ2v) is 6.02. The van der Waals surface area contributed by atoms with E-state index in [9.17, 15) is 4.79 Å². The Kier molecular flexibility index (Phi) is 5.03. The highest BCUT2D eigenvalue weighted by Crippen LogP contribution is 2.24. The lowest BCUT2D eigenvalue weighted by atomic mass is 9.98. The fourth-order valence-corrected chi connectivity index (χ4v) is 2.60.